The number of alkyl halides is 3. The summed E-state index contributed by atoms with van der Waals surface area (Å²) in [6.07, 6.45) is 1.24. The van der Waals surface area contributed by atoms with Gasteiger partial charge in [-0.05, 0) is 6.07 Å². The maximum atomic E-state index is 12.2. The number of halogens is 3. The van der Waals surface area contributed by atoms with Crippen molar-refractivity contribution >= 4 is 15.8 Å². The summed E-state index contributed by atoms with van der Waals surface area (Å²) < 4.78 is 62.5. The van der Waals surface area contributed by atoms with Crippen LogP contribution in [0.15, 0.2) is 18.5 Å². The van der Waals surface area contributed by atoms with Crippen LogP contribution in [0.5, 0.6) is 0 Å². The van der Waals surface area contributed by atoms with Gasteiger partial charge in [0.2, 0.25) is 0 Å². The summed E-state index contributed by atoms with van der Waals surface area (Å²) >= 11 is 0. The molecule has 0 amide bonds. The fraction of sp³-hybridized carbons (Fsp3) is 0.375. The minimum Gasteiger partial charge on any atom is -0.372 e. The summed E-state index contributed by atoms with van der Waals surface area (Å²) in [5, 5.41) is 5.26. The van der Waals surface area contributed by atoms with E-state index in [1.54, 1.807) is 0 Å². The zero-order valence-electron chi connectivity index (χ0n) is 8.73. The molecule has 0 bridgehead atoms. The lowest BCUT2D eigenvalue weighted by molar-refractivity contribution is -0.0588. The minimum atomic E-state index is -5.66. The van der Waals surface area contributed by atoms with Crippen LogP contribution in [0.4, 0.5) is 18.9 Å². The molecule has 1 aliphatic rings. The molecule has 0 spiro atoms. The topological polar surface area (TPSA) is 80.3 Å². The van der Waals surface area contributed by atoms with E-state index >= 15 is 0 Å². The van der Waals surface area contributed by atoms with Crippen LogP contribution < -0.4 is 10.6 Å². The van der Waals surface area contributed by atoms with Crippen LogP contribution in [0.25, 0.3) is 0 Å². The van der Waals surface area contributed by atoms with Gasteiger partial charge in [0.15, 0.2) is 6.23 Å². The quantitative estimate of drug-likeness (QED) is 0.620. The van der Waals surface area contributed by atoms with E-state index in [0.29, 0.717) is 5.69 Å². The largest absolute Gasteiger partial charge is 0.523 e. The predicted molar refractivity (Wildman–Crippen MR) is 54.7 cm³/mol. The van der Waals surface area contributed by atoms with Gasteiger partial charge in [-0.2, -0.15) is 21.6 Å². The fourth-order valence-electron chi connectivity index (χ4n) is 1.39. The Hall–Kier alpha value is -1.39. The molecule has 6 nitrogen and oxygen atoms in total. The minimum absolute atomic E-state index is 0.0784. The number of rotatable bonds is 2. The molecule has 0 saturated heterocycles. The lowest BCUT2D eigenvalue weighted by Gasteiger charge is -2.27. The van der Waals surface area contributed by atoms with E-state index in [2.05, 4.69) is 19.8 Å². The summed E-state index contributed by atoms with van der Waals surface area (Å²) in [5.41, 5.74) is -4.80. The standard InChI is InChI=1S/C8H8F3N3O3S/c9-8(10,11)18(15,16)17-7-5-3-12-2-1-6(5)13-4-14-7/h1-3,7,13-14H,4H2. The molecule has 1 aromatic rings. The highest BCUT2D eigenvalue weighted by Crippen LogP contribution is 2.32. The third-order valence-corrected chi connectivity index (χ3v) is 3.22. The molecule has 0 aromatic carbocycles. The van der Waals surface area contributed by atoms with Crippen LogP contribution >= 0.6 is 0 Å². The zero-order valence-corrected chi connectivity index (χ0v) is 9.55. The fourth-order valence-corrected chi connectivity index (χ4v) is 1.93. The lowest BCUT2D eigenvalue weighted by atomic mass is 10.2. The van der Waals surface area contributed by atoms with Gasteiger partial charge in [-0.1, -0.05) is 0 Å². The summed E-state index contributed by atoms with van der Waals surface area (Å²) in [4.78, 5) is 3.70. The third-order valence-electron chi connectivity index (χ3n) is 2.21. The van der Waals surface area contributed by atoms with E-state index < -0.39 is 21.9 Å². The molecule has 2 heterocycles. The zero-order chi connectivity index (χ0) is 13.4. The first-order valence-corrected chi connectivity index (χ1v) is 6.13. The van der Waals surface area contributed by atoms with Gasteiger partial charge in [0, 0.05) is 23.6 Å². The number of aromatic nitrogens is 1. The Balaban J connectivity index is 2.28. The Labute approximate surface area is 100 Å². The van der Waals surface area contributed by atoms with Crippen molar-refractivity contribution in [2.75, 3.05) is 12.0 Å². The SMILES string of the molecule is O=S(=O)(OC1NCNc2ccncc21)C(F)(F)F. The smallest absolute Gasteiger partial charge is 0.372 e. The van der Waals surface area contributed by atoms with Crippen molar-refractivity contribution in [3.63, 3.8) is 0 Å². The van der Waals surface area contributed by atoms with E-state index in [1.807, 2.05) is 0 Å². The van der Waals surface area contributed by atoms with Gasteiger partial charge in [-0.15, -0.1) is 0 Å². The Morgan fingerprint density at radius 2 is 2.17 bits per heavy atom. The molecule has 0 aliphatic carbocycles. The Morgan fingerprint density at radius 1 is 1.44 bits per heavy atom. The average molecular weight is 283 g/mol. The molecule has 1 atom stereocenters. The Morgan fingerprint density at radius 3 is 2.83 bits per heavy atom. The van der Waals surface area contributed by atoms with E-state index in [0.717, 1.165) is 0 Å². The van der Waals surface area contributed by atoms with Gasteiger partial charge in [0.25, 0.3) is 0 Å². The first kappa shape index (κ1) is 13.1. The number of pyridine rings is 1. The summed E-state index contributed by atoms with van der Waals surface area (Å²) in [5.74, 6) is 0. The van der Waals surface area contributed by atoms with Crippen LogP contribution in [0.2, 0.25) is 0 Å². The van der Waals surface area contributed by atoms with Crippen molar-refractivity contribution < 1.29 is 25.8 Å². The Kier molecular flexibility index (Phi) is 3.17. The van der Waals surface area contributed by atoms with Crippen molar-refractivity contribution in [2.24, 2.45) is 0 Å². The van der Waals surface area contributed by atoms with Crippen molar-refractivity contribution in [3.8, 4) is 0 Å². The maximum Gasteiger partial charge on any atom is 0.523 e. The lowest BCUT2D eigenvalue weighted by Crippen LogP contribution is -2.38. The number of nitrogens with zero attached hydrogens (tertiary/aromatic N) is 1. The molecule has 1 aliphatic heterocycles. The first-order chi connectivity index (χ1) is 8.31. The second-order valence-corrected chi connectivity index (χ2v) is 4.96. The van der Waals surface area contributed by atoms with Crippen LogP contribution in [-0.4, -0.2) is 25.6 Å². The van der Waals surface area contributed by atoms with Crippen molar-refractivity contribution in [1.29, 1.82) is 0 Å². The highest BCUT2D eigenvalue weighted by atomic mass is 32.2. The van der Waals surface area contributed by atoms with Gasteiger partial charge in [-0.3, -0.25) is 10.3 Å². The van der Waals surface area contributed by atoms with Gasteiger partial charge in [0.05, 0.1) is 6.67 Å². The number of hydrogen-bond acceptors (Lipinski definition) is 6. The molecule has 1 aromatic heterocycles. The number of fused-ring (bicyclic) bond motifs is 1. The van der Waals surface area contributed by atoms with Crippen LogP contribution in [-0.2, 0) is 14.3 Å². The van der Waals surface area contributed by atoms with Crippen molar-refractivity contribution in [3.05, 3.63) is 24.0 Å². The molecule has 0 saturated carbocycles. The van der Waals surface area contributed by atoms with Gasteiger partial charge in [-0.25, -0.2) is 4.18 Å². The second-order valence-electron chi connectivity index (χ2n) is 3.40. The summed E-state index contributed by atoms with van der Waals surface area (Å²) in [7, 11) is -5.66. The molecule has 1 unspecified atom stereocenters. The van der Waals surface area contributed by atoms with E-state index in [-0.39, 0.29) is 12.2 Å². The number of anilines is 1. The molecule has 0 fully saturated rings. The molecular weight excluding hydrogens is 275 g/mol. The molecule has 18 heavy (non-hydrogen) atoms. The molecule has 2 rings (SSSR count). The molecule has 100 valence electrons. The number of nitrogens with one attached hydrogen (secondary N) is 2. The molecular formula is C8H8F3N3O3S. The van der Waals surface area contributed by atoms with Crippen LogP contribution in [0.1, 0.15) is 11.8 Å². The molecule has 10 heteroatoms. The maximum absolute atomic E-state index is 12.2. The normalized spacial score (nSPS) is 20.1. The summed E-state index contributed by atoms with van der Waals surface area (Å²) in [6.45, 7) is 0.0784. The Bertz CT molecular complexity index is 546. The third kappa shape index (κ3) is 2.40. The van der Waals surface area contributed by atoms with Crippen LogP contribution in [0, 0.1) is 0 Å². The van der Waals surface area contributed by atoms with Crippen LogP contribution in [0.3, 0.4) is 0 Å². The average Bonchev–Trinajstić information content (AvgIpc) is 2.27. The highest BCUT2D eigenvalue weighted by Gasteiger charge is 2.49. The highest BCUT2D eigenvalue weighted by molar-refractivity contribution is 7.87. The van der Waals surface area contributed by atoms with E-state index in [9.17, 15) is 21.6 Å². The number of hydrogen-bond donors (Lipinski definition) is 2. The predicted octanol–water partition coefficient (Wildman–Crippen LogP) is 0.919. The van der Waals surface area contributed by atoms with Gasteiger partial charge >= 0.3 is 15.6 Å². The van der Waals surface area contributed by atoms with E-state index in [4.69, 9.17) is 0 Å². The monoisotopic (exact) mass is 283 g/mol. The van der Waals surface area contributed by atoms with Gasteiger partial charge in [0.1, 0.15) is 0 Å². The first-order valence-electron chi connectivity index (χ1n) is 4.72. The summed E-state index contributed by atoms with van der Waals surface area (Å²) in [6, 6.07) is 1.51. The van der Waals surface area contributed by atoms with E-state index in [1.165, 1.54) is 18.5 Å². The molecule has 0 radical (unpaired) electrons. The van der Waals surface area contributed by atoms with Crippen molar-refractivity contribution in [1.82, 2.24) is 10.3 Å². The van der Waals surface area contributed by atoms with Crippen molar-refractivity contribution in [2.45, 2.75) is 11.7 Å². The van der Waals surface area contributed by atoms with Gasteiger partial charge < -0.3 is 5.32 Å². The second kappa shape index (κ2) is 4.37. The molecule has 2 N–H and O–H groups in total.